The van der Waals surface area contributed by atoms with Crippen LogP contribution < -0.4 is 10.6 Å². The van der Waals surface area contributed by atoms with Crippen molar-refractivity contribution in [1.29, 1.82) is 5.26 Å². The fourth-order valence-corrected chi connectivity index (χ4v) is 4.19. The lowest BCUT2D eigenvalue weighted by Gasteiger charge is -2.28. The Kier molecular flexibility index (Phi) is 7.77. The number of nitriles is 1. The first-order chi connectivity index (χ1) is 17.2. The van der Waals surface area contributed by atoms with Gasteiger partial charge in [-0.05, 0) is 53.1 Å². The lowest BCUT2D eigenvalue weighted by molar-refractivity contribution is -0.118. The monoisotopic (exact) mass is 462 g/mol. The molecule has 1 atom stereocenters. The molecule has 7 heteroatoms. The van der Waals surface area contributed by atoms with E-state index in [-0.39, 0.29) is 17.7 Å². The Balaban J connectivity index is 1.81. The predicted molar refractivity (Wildman–Crippen MR) is 135 cm³/mol. The Morgan fingerprint density at radius 1 is 0.886 bits per heavy atom. The number of hydrogen-bond donors (Lipinski definition) is 2. The molecular weight excluding hydrogens is 436 g/mol. The molecule has 0 spiro atoms. The van der Waals surface area contributed by atoms with E-state index in [2.05, 4.69) is 38.8 Å². The van der Waals surface area contributed by atoms with Gasteiger partial charge in [-0.25, -0.2) is 4.98 Å². The number of nitrogens with zero attached hydrogens (tertiary/aromatic N) is 4. The van der Waals surface area contributed by atoms with Crippen molar-refractivity contribution in [1.82, 2.24) is 20.3 Å². The van der Waals surface area contributed by atoms with Crippen molar-refractivity contribution in [2.24, 2.45) is 0 Å². The molecule has 0 aliphatic heterocycles. The molecule has 7 nitrogen and oxygen atoms in total. The van der Waals surface area contributed by atoms with Gasteiger partial charge < -0.3 is 10.6 Å². The van der Waals surface area contributed by atoms with Crippen LogP contribution in [0, 0.1) is 11.3 Å². The second-order valence-corrected chi connectivity index (χ2v) is 8.12. The molecule has 0 aliphatic carbocycles. The van der Waals surface area contributed by atoms with Crippen molar-refractivity contribution in [3.05, 3.63) is 119 Å². The van der Waals surface area contributed by atoms with Gasteiger partial charge >= 0.3 is 0 Å². The maximum absolute atomic E-state index is 11.2. The minimum Gasteiger partial charge on any atom is -0.368 e. The number of aromatic nitrogens is 3. The van der Waals surface area contributed by atoms with Crippen LogP contribution in [0.25, 0.3) is 0 Å². The predicted octanol–water partition coefficient (Wildman–Crippen LogP) is 4.26. The Bertz CT molecular complexity index is 1260. The van der Waals surface area contributed by atoms with Gasteiger partial charge in [0.15, 0.2) is 0 Å². The van der Waals surface area contributed by atoms with Gasteiger partial charge in [0.2, 0.25) is 5.91 Å². The van der Waals surface area contributed by atoms with E-state index in [9.17, 15) is 10.1 Å². The van der Waals surface area contributed by atoms with Crippen LogP contribution in [0.15, 0.2) is 91.5 Å². The van der Waals surface area contributed by atoms with Crippen molar-refractivity contribution in [3.8, 4) is 6.07 Å². The molecule has 3 aromatic heterocycles. The van der Waals surface area contributed by atoms with Crippen LogP contribution in [-0.2, 0) is 4.79 Å². The highest BCUT2D eigenvalue weighted by molar-refractivity contribution is 5.72. The normalized spacial score (nSPS) is 11.5. The highest BCUT2D eigenvalue weighted by atomic mass is 16.1. The molecule has 35 heavy (non-hydrogen) atoms. The van der Waals surface area contributed by atoms with Gasteiger partial charge in [-0.3, -0.25) is 14.8 Å². The van der Waals surface area contributed by atoms with Crippen LogP contribution >= 0.6 is 0 Å². The summed E-state index contributed by atoms with van der Waals surface area (Å²) in [5.41, 5.74) is 4.47. The zero-order valence-electron chi connectivity index (χ0n) is 19.4. The lowest BCUT2D eigenvalue weighted by Crippen LogP contribution is -2.26. The summed E-state index contributed by atoms with van der Waals surface area (Å²) in [6.45, 7) is 2.55. The summed E-state index contributed by atoms with van der Waals surface area (Å²) in [6.07, 6.45) is 7.25. The van der Waals surface area contributed by atoms with Crippen molar-refractivity contribution in [2.75, 3.05) is 18.4 Å². The Hall–Kier alpha value is -4.57. The second-order valence-electron chi connectivity index (χ2n) is 8.12. The first-order valence-electron chi connectivity index (χ1n) is 11.4. The van der Waals surface area contributed by atoms with Gasteiger partial charge in [0.05, 0.1) is 17.3 Å². The highest BCUT2D eigenvalue weighted by Crippen LogP contribution is 2.42. The number of nitrogens with one attached hydrogen (secondary N) is 2. The summed E-state index contributed by atoms with van der Waals surface area (Å²) in [6, 6.07) is 23.8. The van der Waals surface area contributed by atoms with Gasteiger partial charge in [0.25, 0.3) is 0 Å². The molecule has 174 valence electrons. The molecule has 0 radical (unpaired) electrons. The minimum absolute atomic E-state index is 0.0678. The SMILES string of the molecule is CC(=O)NCCNc1cccc(C(c2cccc(C#N)c2)C(c2cccnc2)c2cccnc2)n1. The number of hydrogen-bond acceptors (Lipinski definition) is 6. The number of anilines is 1. The molecule has 0 bridgehead atoms. The number of pyridine rings is 3. The highest BCUT2D eigenvalue weighted by Gasteiger charge is 2.30. The Morgan fingerprint density at radius 3 is 2.20 bits per heavy atom. The zero-order chi connectivity index (χ0) is 24.5. The van der Waals surface area contributed by atoms with Crippen molar-refractivity contribution in [3.63, 3.8) is 0 Å². The number of amides is 1. The van der Waals surface area contributed by atoms with Crippen LogP contribution in [0.3, 0.4) is 0 Å². The average Bonchev–Trinajstić information content (AvgIpc) is 2.91. The van der Waals surface area contributed by atoms with Gasteiger partial charge in [-0.15, -0.1) is 0 Å². The molecule has 0 aliphatic rings. The summed E-state index contributed by atoms with van der Waals surface area (Å²) >= 11 is 0. The molecule has 1 aromatic carbocycles. The summed E-state index contributed by atoms with van der Waals surface area (Å²) in [4.78, 5) is 24.9. The van der Waals surface area contributed by atoms with E-state index in [4.69, 9.17) is 4.98 Å². The second kappa shape index (κ2) is 11.5. The molecule has 0 saturated carbocycles. The van der Waals surface area contributed by atoms with Crippen LogP contribution in [0.5, 0.6) is 0 Å². The molecule has 1 unspecified atom stereocenters. The number of carbonyl (C=O) groups is 1. The fraction of sp³-hybridized carbons (Fsp3) is 0.179. The zero-order valence-corrected chi connectivity index (χ0v) is 19.4. The molecule has 2 N–H and O–H groups in total. The third-order valence-electron chi connectivity index (χ3n) is 5.69. The molecule has 0 saturated heterocycles. The Morgan fingerprint density at radius 2 is 1.57 bits per heavy atom. The van der Waals surface area contributed by atoms with Crippen LogP contribution in [0.4, 0.5) is 5.82 Å². The van der Waals surface area contributed by atoms with Gasteiger partial charge in [0, 0.05) is 56.6 Å². The molecule has 1 amide bonds. The average molecular weight is 463 g/mol. The molecule has 4 rings (SSSR count). The largest absolute Gasteiger partial charge is 0.368 e. The van der Waals surface area contributed by atoms with Crippen molar-refractivity contribution < 1.29 is 4.79 Å². The first kappa shape index (κ1) is 23.6. The summed E-state index contributed by atoms with van der Waals surface area (Å²) in [5, 5.41) is 15.6. The number of carbonyl (C=O) groups excluding carboxylic acids is 1. The van der Waals surface area contributed by atoms with Crippen molar-refractivity contribution >= 4 is 11.7 Å². The van der Waals surface area contributed by atoms with E-state index >= 15 is 0 Å². The molecular formula is C28H26N6O. The lowest BCUT2D eigenvalue weighted by atomic mass is 9.76. The minimum atomic E-state index is -0.200. The maximum Gasteiger partial charge on any atom is 0.216 e. The number of rotatable bonds is 9. The fourth-order valence-electron chi connectivity index (χ4n) is 4.19. The first-order valence-corrected chi connectivity index (χ1v) is 11.4. The van der Waals surface area contributed by atoms with Crippen LogP contribution in [0.2, 0.25) is 0 Å². The van der Waals surface area contributed by atoms with Gasteiger partial charge in [-0.2, -0.15) is 5.26 Å². The smallest absolute Gasteiger partial charge is 0.216 e. The van der Waals surface area contributed by atoms with E-state index in [0.29, 0.717) is 24.5 Å². The van der Waals surface area contributed by atoms with E-state index < -0.39 is 0 Å². The van der Waals surface area contributed by atoms with Gasteiger partial charge in [-0.1, -0.05) is 30.3 Å². The number of benzene rings is 1. The maximum atomic E-state index is 11.2. The van der Waals surface area contributed by atoms with E-state index in [1.807, 2.05) is 60.9 Å². The quantitative estimate of drug-likeness (QED) is 0.360. The van der Waals surface area contributed by atoms with Gasteiger partial charge in [0.1, 0.15) is 5.82 Å². The van der Waals surface area contributed by atoms with Crippen LogP contribution in [-0.4, -0.2) is 33.9 Å². The van der Waals surface area contributed by atoms with E-state index in [1.165, 1.54) is 6.92 Å². The molecule has 0 fully saturated rings. The van der Waals surface area contributed by atoms with E-state index in [1.54, 1.807) is 18.5 Å². The summed E-state index contributed by atoms with van der Waals surface area (Å²) < 4.78 is 0. The van der Waals surface area contributed by atoms with Crippen molar-refractivity contribution in [2.45, 2.75) is 18.8 Å². The molecule has 3 heterocycles. The van der Waals surface area contributed by atoms with E-state index in [0.717, 1.165) is 22.4 Å². The Labute approximate surface area is 204 Å². The summed E-state index contributed by atoms with van der Waals surface area (Å²) in [5.74, 6) is 0.314. The molecule has 4 aromatic rings. The summed E-state index contributed by atoms with van der Waals surface area (Å²) in [7, 11) is 0. The van der Waals surface area contributed by atoms with Crippen LogP contribution in [0.1, 0.15) is 46.7 Å². The third-order valence-corrected chi connectivity index (χ3v) is 5.69. The standard InChI is InChI=1S/C28H26N6O/c1-20(35)32-14-15-33-26-11-3-10-25(34-26)28(22-7-2-6-21(16-22)17-29)27(23-8-4-12-30-18-23)24-9-5-13-31-19-24/h2-13,16,18-19,27-28H,14-15H2,1H3,(H,32,35)(H,33,34). The topological polar surface area (TPSA) is 104 Å². The third kappa shape index (κ3) is 6.06.